The van der Waals surface area contributed by atoms with E-state index in [0.29, 0.717) is 17.9 Å². The van der Waals surface area contributed by atoms with E-state index >= 15 is 0 Å². The molecule has 0 bridgehead atoms. The normalized spacial score (nSPS) is 11.0. The van der Waals surface area contributed by atoms with Crippen molar-refractivity contribution in [1.29, 1.82) is 0 Å². The van der Waals surface area contributed by atoms with Crippen molar-refractivity contribution in [2.24, 2.45) is 0 Å². The Hall–Kier alpha value is -2.03. The minimum Gasteiger partial charge on any atom is -0.493 e. The van der Waals surface area contributed by atoms with Gasteiger partial charge in [0.15, 0.2) is 11.5 Å². The average Bonchev–Trinajstić information content (AvgIpc) is 2.77. The van der Waals surface area contributed by atoms with Crippen LogP contribution in [-0.4, -0.2) is 13.1 Å². The number of ether oxygens (including phenoxy) is 2. The van der Waals surface area contributed by atoms with Crippen molar-refractivity contribution in [3.8, 4) is 11.5 Å². The molecular formula is C28H44O3. The topological polar surface area (TPSA) is 35.5 Å². The summed E-state index contributed by atoms with van der Waals surface area (Å²) in [5.41, 5.74) is 1.09. The fourth-order valence-corrected chi connectivity index (χ4v) is 3.60. The molecule has 0 aliphatic rings. The van der Waals surface area contributed by atoms with Crippen molar-refractivity contribution in [2.45, 2.75) is 103 Å². The third kappa shape index (κ3) is 13.8. The number of benzene rings is 1. The number of esters is 1. The van der Waals surface area contributed by atoms with Gasteiger partial charge >= 0.3 is 5.97 Å². The summed E-state index contributed by atoms with van der Waals surface area (Å²) in [6, 6.07) is 5.63. The Bertz CT molecular complexity index is 633. The van der Waals surface area contributed by atoms with Crippen LogP contribution in [0.15, 0.2) is 43.0 Å². The molecule has 0 saturated carbocycles. The molecule has 0 fully saturated rings. The molecule has 1 aromatic carbocycles. The third-order valence-electron chi connectivity index (χ3n) is 5.47. The van der Waals surface area contributed by atoms with Gasteiger partial charge in [0.2, 0.25) is 0 Å². The maximum absolute atomic E-state index is 12.1. The van der Waals surface area contributed by atoms with Gasteiger partial charge < -0.3 is 9.47 Å². The Labute approximate surface area is 190 Å². The second kappa shape index (κ2) is 18.7. The summed E-state index contributed by atoms with van der Waals surface area (Å²) in [6.07, 6.45) is 24.0. The van der Waals surface area contributed by atoms with Crippen molar-refractivity contribution >= 4 is 5.97 Å². The number of allylic oxidation sites excluding steroid dienone is 3. The molecule has 3 nitrogen and oxygen atoms in total. The first-order valence-corrected chi connectivity index (χ1v) is 12.3. The summed E-state index contributed by atoms with van der Waals surface area (Å²) >= 11 is 0. The smallest absolute Gasteiger partial charge is 0.311 e. The Morgan fingerprint density at radius 3 is 2.10 bits per heavy atom. The fraction of sp³-hybridized carbons (Fsp3) is 0.607. The Kier molecular flexibility index (Phi) is 16.3. The van der Waals surface area contributed by atoms with Gasteiger partial charge in [0.05, 0.1) is 7.11 Å². The van der Waals surface area contributed by atoms with E-state index in [1.807, 2.05) is 18.2 Å². The SMILES string of the molecule is C=CCc1ccc(OC(=O)CCCCCCC=CCCCCCCCCC)c(OC)c1. The first-order valence-electron chi connectivity index (χ1n) is 12.3. The minimum absolute atomic E-state index is 0.190. The van der Waals surface area contributed by atoms with Crippen molar-refractivity contribution in [2.75, 3.05) is 7.11 Å². The van der Waals surface area contributed by atoms with E-state index < -0.39 is 0 Å². The molecule has 31 heavy (non-hydrogen) atoms. The number of carbonyl (C=O) groups is 1. The standard InChI is InChI=1S/C28H44O3/c1-4-6-7-8-9-10-11-12-13-14-15-16-17-18-19-21-28(29)31-26-23-22-25(20-5-2)24-27(26)30-3/h5,13-14,22-24H,2,4,6-12,15-21H2,1,3H3. The fourth-order valence-electron chi connectivity index (χ4n) is 3.60. The van der Waals surface area contributed by atoms with Gasteiger partial charge in [-0.1, -0.05) is 82.6 Å². The lowest BCUT2D eigenvalue weighted by Gasteiger charge is -2.10. The zero-order valence-corrected chi connectivity index (χ0v) is 20.0. The first kappa shape index (κ1) is 27.0. The predicted octanol–water partition coefficient (Wildman–Crippen LogP) is 8.37. The zero-order chi connectivity index (χ0) is 22.6. The molecule has 0 atom stereocenters. The monoisotopic (exact) mass is 428 g/mol. The molecule has 0 unspecified atom stereocenters. The van der Waals surface area contributed by atoms with Gasteiger partial charge in [-0.15, -0.1) is 6.58 Å². The van der Waals surface area contributed by atoms with Crippen LogP contribution in [-0.2, 0) is 11.2 Å². The lowest BCUT2D eigenvalue weighted by atomic mass is 10.1. The van der Waals surface area contributed by atoms with Crippen LogP contribution in [0.1, 0.15) is 102 Å². The van der Waals surface area contributed by atoms with Crippen LogP contribution in [0, 0.1) is 0 Å². The highest BCUT2D eigenvalue weighted by Gasteiger charge is 2.10. The second-order valence-corrected chi connectivity index (χ2v) is 8.29. The average molecular weight is 429 g/mol. The number of methoxy groups -OCH3 is 1. The highest BCUT2D eigenvalue weighted by atomic mass is 16.6. The van der Waals surface area contributed by atoms with Crippen LogP contribution < -0.4 is 9.47 Å². The van der Waals surface area contributed by atoms with E-state index in [4.69, 9.17) is 9.47 Å². The molecule has 0 spiro atoms. The third-order valence-corrected chi connectivity index (χ3v) is 5.47. The number of carbonyl (C=O) groups excluding carboxylic acids is 1. The van der Waals surface area contributed by atoms with Crippen LogP contribution in [0.5, 0.6) is 11.5 Å². The molecule has 3 heteroatoms. The summed E-state index contributed by atoms with van der Waals surface area (Å²) in [5.74, 6) is 0.895. The number of unbranched alkanes of at least 4 members (excludes halogenated alkanes) is 11. The molecule has 174 valence electrons. The molecule has 0 aromatic heterocycles. The Morgan fingerprint density at radius 2 is 1.48 bits per heavy atom. The minimum atomic E-state index is -0.190. The van der Waals surface area contributed by atoms with Crippen LogP contribution in [0.25, 0.3) is 0 Å². The lowest BCUT2D eigenvalue weighted by Crippen LogP contribution is -2.08. The highest BCUT2D eigenvalue weighted by molar-refractivity contribution is 5.73. The van der Waals surface area contributed by atoms with E-state index in [-0.39, 0.29) is 5.97 Å². The van der Waals surface area contributed by atoms with E-state index in [1.165, 1.54) is 57.8 Å². The molecule has 0 radical (unpaired) electrons. The lowest BCUT2D eigenvalue weighted by molar-refractivity contribution is -0.134. The molecule has 1 rings (SSSR count). The van der Waals surface area contributed by atoms with Gasteiger partial charge in [-0.25, -0.2) is 0 Å². The van der Waals surface area contributed by atoms with Gasteiger partial charge in [0.1, 0.15) is 0 Å². The molecule has 0 aliphatic heterocycles. The van der Waals surface area contributed by atoms with Crippen molar-refractivity contribution < 1.29 is 14.3 Å². The van der Waals surface area contributed by atoms with Crippen LogP contribution in [0.3, 0.4) is 0 Å². The summed E-state index contributed by atoms with van der Waals surface area (Å²) in [5, 5.41) is 0. The van der Waals surface area contributed by atoms with Crippen molar-refractivity contribution in [3.63, 3.8) is 0 Å². The largest absolute Gasteiger partial charge is 0.493 e. The molecule has 0 saturated heterocycles. The predicted molar refractivity (Wildman–Crippen MR) is 132 cm³/mol. The van der Waals surface area contributed by atoms with Crippen molar-refractivity contribution in [3.05, 3.63) is 48.6 Å². The van der Waals surface area contributed by atoms with Gasteiger partial charge in [0, 0.05) is 6.42 Å². The molecule has 0 aliphatic carbocycles. The van der Waals surface area contributed by atoms with Crippen LogP contribution >= 0.6 is 0 Å². The van der Waals surface area contributed by atoms with Crippen LogP contribution in [0.2, 0.25) is 0 Å². The summed E-state index contributed by atoms with van der Waals surface area (Å²) in [6.45, 7) is 6.01. The molecular weight excluding hydrogens is 384 g/mol. The molecule has 0 N–H and O–H groups in total. The second-order valence-electron chi connectivity index (χ2n) is 8.29. The molecule has 0 heterocycles. The van der Waals surface area contributed by atoms with Crippen LogP contribution in [0.4, 0.5) is 0 Å². The number of rotatable bonds is 19. The van der Waals surface area contributed by atoms with Gasteiger partial charge in [-0.3, -0.25) is 4.79 Å². The number of hydrogen-bond donors (Lipinski definition) is 0. The van der Waals surface area contributed by atoms with Crippen molar-refractivity contribution in [1.82, 2.24) is 0 Å². The quantitative estimate of drug-likeness (QED) is 0.0960. The number of hydrogen-bond acceptors (Lipinski definition) is 3. The molecule has 0 amide bonds. The summed E-state index contributed by atoms with van der Waals surface area (Å²) in [7, 11) is 1.59. The van der Waals surface area contributed by atoms with E-state index in [9.17, 15) is 4.79 Å². The highest BCUT2D eigenvalue weighted by Crippen LogP contribution is 2.29. The van der Waals surface area contributed by atoms with Gasteiger partial charge in [-0.05, 0) is 56.2 Å². The zero-order valence-electron chi connectivity index (χ0n) is 20.0. The first-order chi connectivity index (χ1) is 15.2. The maximum atomic E-state index is 12.1. The Balaban J connectivity index is 2.04. The Morgan fingerprint density at radius 1 is 0.871 bits per heavy atom. The van der Waals surface area contributed by atoms with Gasteiger partial charge in [-0.2, -0.15) is 0 Å². The van der Waals surface area contributed by atoms with E-state index in [0.717, 1.165) is 37.7 Å². The summed E-state index contributed by atoms with van der Waals surface area (Å²) in [4.78, 5) is 12.1. The van der Waals surface area contributed by atoms with E-state index in [2.05, 4.69) is 25.7 Å². The van der Waals surface area contributed by atoms with E-state index in [1.54, 1.807) is 13.2 Å². The van der Waals surface area contributed by atoms with Gasteiger partial charge in [0.25, 0.3) is 0 Å². The maximum Gasteiger partial charge on any atom is 0.311 e. The summed E-state index contributed by atoms with van der Waals surface area (Å²) < 4.78 is 10.8. The molecule has 1 aromatic rings.